The van der Waals surface area contributed by atoms with E-state index in [1.165, 1.54) is 28.1 Å². The summed E-state index contributed by atoms with van der Waals surface area (Å²) in [4.78, 5) is 16.3. The van der Waals surface area contributed by atoms with E-state index in [4.69, 9.17) is 9.47 Å². The van der Waals surface area contributed by atoms with Crippen molar-refractivity contribution in [2.75, 3.05) is 18.1 Å². The third-order valence-electron chi connectivity index (χ3n) is 5.77. The summed E-state index contributed by atoms with van der Waals surface area (Å²) in [6.07, 6.45) is 2.92. The monoisotopic (exact) mass is 413 g/mol. The number of carboxylic acids is 1. The molecule has 2 aliphatic rings. The Morgan fingerprint density at radius 2 is 1.76 bits per heavy atom. The highest BCUT2D eigenvalue weighted by atomic mass is 32.2. The fourth-order valence-electron chi connectivity index (χ4n) is 4.02. The summed E-state index contributed by atoms with van der Waals surface area (Å²) in [7, 11) is 0. The number of hydrogen-bond acceptors (Lipinski definition) is 5. The molecule has 0 bridgehead atoms. The Labute approximate surface area is 176 Å². The molecule has 0 spiro atoms. The fraction of sp³-hybridized carbons (Fsp3) is 0.435. The molecule has 154 valence electrons. The number of aliphatic carboxylic acids is 1. The van der Waals surface area contributed by atoms with Gasteiger partial charge in [0.25, 0.3) is 5.79 Å². The van der Waals surface area contributed by atoms with Crippen LogP contribution in [0.2, 0.25) is 0 Å². The lowest BCUT2D eigenvalue weighted by Crippen LogP contribution is -2.51. The summed E-state index contributed by atoms with van der Waals surface area (Å²) < 4.78 is 11.2. The predicted molar refractivity (Wildman–Crippen MR) is 114 cm³/mol. The maximum Gasteiger partial charge on any atom is 0.364 e. The highest BCUT2D eigenvalue weighted by molar-refractivity contribution is 7.99. The highest BCUT2D eigenvalue weighted by Gasteiger charge is 2.43. The molecule has 5 nitrogen and oxygen atoms in total. The minimum atomic E-state index is -1.52. The molecule has 0 aliphatic carbocycles. The van der Waals surface area contributed by atoms with E-state index in [1.54, 1.807) is 0 Å². The third kappa shape index (κ3) is 4.15. The first-order valence-corrected chi connectivity index (χ1v) is 11.0. The van der Waals surface area contributed by atoms with Gasteiger partial charge < -0.3 is 19.5 Å². The van der Waals surface area contributed by atoms with Crippen molar-refractivity contribution in [3.05, 3.63) is 48.5 Å². The molecule has 1 N–H and O–H groups in total. The van der Waals surface area contributed by atoms with Gasteiger partial charge in [0.05, 0.1) is 24.1 Å². The van der Waals surface area contributed by atoms with E-state index < -0.39 is 11.8 Å². The molecule has 0 amide bonds. The van der Waals surface area contributed by atoms with Gasteiger partial charge in [0.15, 0.2) is 0 Å². The molecule has 0 aromatic heterocycles. The van der Waals surface area contributed by atoms with Crippen molar-refractivity contribution in [2.45, 2.75) is 54.8 Å². The Hall–Kier alpha value is -2.02. The lowest BCUT2D eigenvalue weighted by molar-refractivity contribution is -0.292. The molecule has 4 rings (SSSR count). The Balaban J connectivity index is 1.36. The molecule has 2 heterocycles. The van der Waals surface area contributed by atoms with E-state index in [9.17, 15) is 9.90 Å². The van der Waals surface area contributed by atoms with Crippen molar-refractivity contribution >= 4 is 29.1 Å². The maximum absolute atomic E-state index is 11.3. The maximum atomic E-state index is 11.3. The van der Waals surface area contributed by atoms with Gasteiger partial charge in [0.1, 0.15) is 0 Å². The van der Waals surface area contributed by atoms with Gasteiger partial charge in [-0.25, -0.2) is 4.79 Å². The van der Waals surface area contributed by atoms with Gasteiger partial charge in [0.2, 0.25) is 0 Å². The first kappa shape index (κ1) is 20.3. The molecule has 0 saturated carbocycles. The highest BCUT2D eigenvalue weighted by Crippen LogP contribution is 2.47. The molecule has 6 heteroatoms. The Morgan fingerprint density at radius 1 is 1.14 bits per heavy atom. The van der Waals surface area contributed by atoms with Crippen LogP contribution in [0.25, 0.3) is 0 Å². The van der Waals surface area contributed by atoms with E-state index in [1.807, 2.05) is 18.7 Å². The Morgan fingerprint density at radius 3 is 2.34 bits per heavy atom. The average molecular weight is 414 g/mol. The minimum absolute atomic E-state index is 0.127. The lowest BCUT2D eigenvalue weighted by atomic mass is 9.95. The molecule has 2 aromatic rings. The predicted octanol–water partition coefficient (Wildman–Crippen LogP) is 5.31. The van der Waals surface area contributed by atoms with Gasteiger partial charge in [-0.05, 0) is 44.0 Å². The van der Waals surface area contributed by atoms with Gasteiger partial charge in [0, 0.05) is 29.2 Å². The van der Waals surface area contributed by atoms with Crippen LogP contribution < -0.4 is 4.90 Å². The van der Waals surface area contributed by atoms with Gasteiger partial charge in [-0.15, -0.1) is 0 Å². The standard InChI is InChI=1S/C23H27NO4S/c1-16-17(15-27-23(2,28-16)22(25)26)9-7-8-14-24-18-10-3-5-12-20(18)29-21-13-6-4-11-19(21)24/h3-6,10-13,16-17H,7-9,14-15H2,1-2H3,(H,25,26). The zero-order valence-corrected chi connectivity index (χ0v) is 17.7. The third-order valence-corrected chi connectivity index (χ3v) is 6.90. The molecule has 0 radical (unpaired) electrons. The fourth-order valence-corrected chi connectivity index (χ4v) is 5.11. The van der Waals surface area contributed by atoms with Crippen molar-refractivity contribution in [2.24, 2.45) is 5.92 Å². The molecule has 1 fully saturated rings. The number of nitrogens with zero attached hydrogens (tertiary/aromatic N) is 1. The largest absolute Gasteiger partial charge is 0.477 e. The quantitative estimate of drug-likeness (QED) is 0.648. The average Bonchev–Trinajstić information content (AvgIpc) is 2.71. The molecule has 29 heavy (non-hydrogen) atoms. The van der Waals surface area contributed by atoms with Crippen LogP contribution in [0.5, 0.6) is 0 Å². The van der Waals surface area contributed by atoms with E-state index in [0.717, 1.165) is 25.8 Å². The van der Waals surface area contributed by atoms with Crippen molar-refractivity contribution in [3.8, 4) is 0 Å². The summed E-state index contributed by atoms with van der Waals surface area (Å²) in [6, 6.07) is 17.1. The van der Waals surface area contributed by atoms with Gasteiger partial charge in [-0.2, -0.15) is 0 Å². The van der Waals surface area contributed by atoms with Crippen LogP contribution in [0.15, 0.2) is 58.3 Å². The summed E-state index contributed by atoms with van der Waals surface area (Å²) in [5, 5.41) is 9.26. The van der Waals surface area contributed by atoms with E-state index >= 15 is 0 Å². The van der Waals surface area contributed by atoms with Gasteiger partial charge in [-0.3, -0.25) is 0 Å². The number of ether oxygens (including phenoxy) is 2. The van der Waals surface area contributed by atoms with Crippen LogP contribution >= 0.6 is 11.8 Å². The van der Waals surface area contributed by atoms with Crippen LogP contribution in [0, 0.1) is 5.92 Å². The summed E-state index contributed by atoms with van der Waals surface area (Å²) >= 11 is 1.83. The molecule has 2 aliphatic heterocycles. The minimum Gasteiger partial charge on any atom is -0.477 e. The molecular weight excluding hydrogens is 386 g/mol. The van der Waals surface area contributed by atoms with Gasteiger partial charge >= 0.3 is 5.97 Å². The number of benzene rings is 2. The number of rotatable bonds is 6. The SMILES string of the molecule is CC1OC(C)(C(=O)O)OCC1CCCCN1c2ccccc2Sc2ccccc21. The van der Waals surface area contributed by atoms with Crippen LogP contribution in [0.3, 0.4) is 0 Å². The number of fused-ring (bicyclic) bond motifs is 2. The number of carbonyl (C=O) groups is 1. The lowest BCUT2D eigenvalue weighted by Gasteiger charge is -2.39. The van der Waals surface area contributed by atoms with E-state index in [-0.39, 0.29) is 12.0 Å². The van der Waals surface area contributed by atoms with Gasteiger partial charge in [-0.1, -0.05) is 42.4 Å². The molecule has 3 atom stereocenters. The van der Waals surface area contributed by atoms with Crippen molar-refractivity contribution in [3.63, 3.8) is 0 Å². The molecule has 2 aromatic carbocycles. The van der Waals surface area contributed by atoms with Crippen LogP contribution in [-0.4, -0.2) is 36.1 Å². The second kappa shape index (κ2) is 8.38. The zero-order valence-electron chi connectivity index (χ0n) is 16.8. The number of carboxylic acid groups (broad SMARTS) is 1. The first-order valence-electron chi connectivity index (χ1n) is 10.2. The second-order valence-electron chi connectivity index (χ2n) is 7.83. The molecular formula is C23H27NO4S. The van der Waals surface area contributed by atoms with Crippen LogP contribution in [0.1, 0.15) is 33.1 Å². The summed E-state index contributed by atoms with van der Waals surface area (Å²) in [5.41, 5.74) is 2.54. The van der Waals surface area contributed by atoms with Crippen LogP contribution in [0.4, 0.5) is 11.4 Å². The Kier molecular flexibility index (Phi) is 5.86. The number of anilines is 2. The second-order valence-corrected chi connectivity index (χ2v) is 8.91. The van der Waals surface area contributed by atoms with E-state index in [2.05, 4.69) is 53.4 Å². The van der Waals surface area contributed by atoms with Crippen molar-refractivity contribution in [1.29, 1.82) is 0 Å². The van der Waals surface area contributed by atoms with Crippen LogP contribution in [-0.2, 0) is 14.3 Å². The number of unbranched alkanes of at least 4 members (excludes halogenated alkanes) is 1. The van der Waals surface area contributed by atoms with Crippen molar-refractivity contribution in [1.82, 2.24) is 0 Å². The van der Waals surface area contributed by atoms with E-state index in [0.29, 0.717) is 6.61 Å². The Bertz CT molecular complexity index is 843. The molecule has 3 unspecified atom stereocenters. The molecule has 1 saturated heterocycles. The zero-order chi connectivity index (χ0) is 20.4. The number of hydrogen-bond donors (Lipinski definition) is 1. The smallest absolute Gasteiger partial charge is 0.364 e. The number of para-hydroxylation sites is 2. The summed E-state index contributed by atoms with van der Waals surface area (Å²) in [6.45, 7) is 4.80. The first-order chi connectivity index (χ1) is 14.0. The normalized spacial score (nSPS) is 25.9. The van der Waals surface area contributed by atoms with Crippen molar-refractivity contribution < 1.29 is 19.4 Å². The topological polar surface area (TPSA) is 59.0 Å². The summed E-state index contributed by atoms with van der Waals surface area (Å²) in [5.74, 6) is -2.36.